The first-order valence-corrected chi connectivity index (χ1v) is 14.4. The number of ether oxygens (including phenoxy) is 2. The largest absolute Gasteiger partial charge is 0.467 e. The molecule has 0 radical (unpaired) electrons. The molecule has 1 aliphatic heterocycles. The molecule has 2 heterocycles. The van der Waals surface area contributed by atoms with E-state index in [-0.39, 0.29) is 25.0 Å². The van der Waals surface area contributed by atoms with Crippen molar-refractivity contribution in [1.82, 2.24) is 14.8 Å². The van der Waals surface area contributed by atoms with Crippen LogP contribution in [0.5, 0.6) is 0 Å². The average Bonchev–Trinajstić information content (AvgIpc) is 3.67. The molecule has 228 valence electrons. The number of likely N-dealkylation sites (tertiary alicyclic amines) is 1. The molecular weight excluding hydrogens is 548 g/mol. The monoisotopic (exact) mass is 588 g/mol. The number of hydrogen-bond acceptors (Lipinski definition) is 6. The third-order valence-electron chi connectivity index (χ3n) is 7.34. The molecular formula is C33H40N4O6. The highest BCUT2D eigenvalue weighted by atomic mass is 16.5. The summed E-state index contributed by atoms with van der Waals surface area (Å²) >= 11 is 0. The van der Waals surface area contributed by atoms with Crippen LogP contribution in [0.25, 0.3) is 0 Å². The fourth-order valence-corrected chi connectivity index (χ4v) is 4.95. The Kier molecular flexibility index (Phi) is 10.4. The summed E-state index contributed by atoms with van der Waals surface area (Å²) in [6.45, 7) is 6.02. The molecule has 0 spiro atoms. The molecule has 3 aromatic rings. The van der Waals surface area contributed by atoms with Crippen LogP contribution in [0, 0.1) is 5.41 Å². The second-order valence-corrected chi connectivity index (χ2v) is 11.6. The van der Waals surface area contributed by atoms with Gasteiger partial charge in [0.15, 0.2) is 0 Å². The van der Waals surface area contributed by atoms with Crippen molar-refractivity contribution in [3.63, 3.8) is 0 Å². The van der Waals surface area contributed by atoms with Crippen LogP contribution in [0.2, 0.25) is 0 Å². The number of esters is 1. The highest BCUT2D eigenvalue weighted by Crippen LogP contribution is 2.28. The van der Waals surface area contributed by atoms with Gasteiger partial charge in [-0.1, -0.05) is 81.4 Å². The minimum absolute atomic E-state index is 0.0295. The van der Waals surface area contributed by atoms with Crippen molar-refractivity contribution in [3.8, 4) is 0 Å². The van der Waals surface area contributed by atoms with E-state index in [0.717, 1.165) is 11.1 Å². The average molecular weight is 589 g/mol. The molecule has 3 amide bonds. The van der Waals surface area contributed by atoms with Crippen molar-refractivity contribution in [2.45, 2.75) is 58.3 Å². The number of nitrogens with zero attached hydrogens (tertiary/aromatic N) is 2. The molecule has 43 heavy (non-hydrogen) atoms. The van der Waals surface area contributed by atoms with Crippen molar-refractivity contribution >= 4 is 29.4 Å². The Hall–Kier alpha value is -4.44. The van der Waals surface area contributed by atoms with E-state index in [1.807, 2.05) is 60.7 Å². The van der Waals surface area contributed by atoms with Crippen molar-refractivity contribution in [2.24, 2.45) is 5.41 Å². The smallest absolute Gasteiger partial charge is 0.328 e. The molecule has 2 N–H and O–H groups in total. The lowest BCUT2D eigenvalue weighted by molar-refractivity contribution is -0.151. The van der Waals surface area contributed by atoms with E-state index in [2.05, 4.69) is 10.6 Å². The predicted octanol–water partition coefficient (Wildman–Crippen LogP) is 3.93. The number of rotatable bonds is 11. The summed E-state index contributed by atoms with van der Waals surface area (Å²) in [6, 6.07) is 18.2. The van der Waals surface area contributed by atoms with Crippen LogP contribution in [0.15, 0.2) is 79.1 Å². The summed E-state index contributed by atoms with van der Waals surface area (Å²) < 4.78 is 12.5. The first-order valence-electron chi connectivity index (χ1n) is 14.4. The Morgan fingerprint density at radius 3 is 2.30 bits per heavy atom. The fourth-order valence-electron chi connectivity index (χ4n) is 4.95. The molecule has 0 aliphatic carbocycles. The minimum Gasteiger partial charge on any atom is -0.467 e. The van der Waals surface area contributed by atoms with E-state index in [1.54, 1.807) is 48.7 Å². The van der Waals surface area contributed by atoms with Crippen LogP contribution in [0.3, 0.4) is 0 Å². The van der Waals surface area contributed by atoms with Gasteiger partial charge in [-0.3, -0.25) is 14.4 Å². The number of hydrogen-bond donors (Lipinski definition) is 2. The quantitative estimate of drug-likeness (QED) is 0.328. The zero-order chi connectivity index (χ0) is 31.0. The van der Waals surface area contributed by atoms with Crippen molar-refractivity contribution in [3.05, 3.63) is 90.3 Å². The van der Waals surface area contributed by atoms with Crippen LogP contribution in [0.1, 0.15) is 50.8 Å². The standard InChI is InChI=1S/C33H40N4O6/c1-33(2,3)32(41)35-26(22-43-21-23-12-7-5-8-13-23)29(38)34-25-17-19-36(20-25)28(24-14-9-6-10-15-24)30(39)37-18-11-16-27(37)31(40)42-4/h5-10,12-15,17,19-20,26-28H,11,16,18,21-22H2,1-4H3,(H,34,38)(H,35,41). The number of amides is 3. The Bertz CT molecular complexity index is 1400. The van der Waals surface area contributed by atoms with E-state index in [9.17, 15) is 19.2 Å². The second kappa shape index (κ2) is 14.2. The third-order valence-corrected chi connectivity index (χ3v) is 7.34. The molecule has 1 aromatic heterocycles. The third kappa shape index (κ3) is 8.10. The number of carbonyl (C=O) groups is 4. The molecule has 10 nitrogen and oxygen atoms in total. The lowest BCUT2D eigenvalue weighted by Crippen LogP contribution is -2.50. The maximum Gasteiger partial charge on any atom is 0.328 e. The Morgan fingerprint density at radius 1 is 0.977 bits per heavy atom. The Balaban J connectivity index is 1.53. The molecule has 2 aromatic carbocycles. The van der Waals surface area contributed by atoms with Gasteiger partial charge in [0.1, 0.15) is 18.1 Å². The summed E-state index contributed by atoms with van der Waals surface area (Å²) in [7, 11) is 1.32. The molecule has 4 rings (SSSR count). The molecule has 1 fully saturated rings. The van der Waals surface area contributed by atoms with Gasteiger partial charge >= 0.3 is 5.97 Å². The van der Waals surface area contributed by atoms with E-state index < -0.39 is 35.4 Å². The number of anilines is 1. The van der Waals surface area contributed by atoms with E-state index in [0.29, 0.717) is 25.1 Å². The van der Waals surface area contributed by atoms with Gasteiger partial charge in [0.05, 0.1) is 26.0 Å². The van der Waals surface area contributed by atoms with Gasteiger partial charge in [0.2, 0.25) is 11.8 Å². The molecule has 10 heteroatoms. The van der Waals surface area contributed by atoms with Gasteiger partial charge in [0.25, 0.3) is 5.91 Å². The van der Waals surface area contributed by atoms with Crippen LogP contribution in [0.4, 0.5) is 5.69 Å². The maximum atomic E-state index is 13.9. The summed E-state index contributed by atoms with van der Waals surface area (Å²) in [5.41, 5.74) is 1.43. The van der Waals surface area contributed by atoms with Gasteiger partial charge in [-0.05, 0) is 30.0 Å². The summed E-state index contributed by atoms with van der Waals surface area (Å²) in [5, 5.41) is 5.67. The highest BCUT2D eigenvalue weighted by Gasteiger charge is 2.39. The molecule has 1 saturated heterocycles. The van der Waals surface area contributed by atoms with Crippen LogP contribution < -0.4 is 10.6 Å². The summed E-state index contributed by atoms with van der Waals surface area (Å²) in [6.07, 6.45) is 4.63. The molecule has 3 atom stereocenters. The van der Waals surface area contributed by atoms with E-state index in [1.165, 1.54) is 7.11 Å². The number of carbonyl (C=O) groups excluding carboxylic acids is 4. The summed E-state index contributed by atoms with van der Waals surface area (Å²) in [5.74, 6) is -1.40. The van der Waals surface area contributed by atoms with Crippen molar-refractivity contribution in [1.29, 1.82) is 0 Å². The zero-order valence-corrected chi connectivity index (χ0v) is 25.1. The molecule has 0 saturated carbocycles. The minimum atomic E-state index is -0.948. The Morgan fingerprint density at radius 2 is 1.65 bits per heavy atom. The van der Waals surface area contributed by atoms with Gasteiger partial charge in [-0.2, -0.15) is 0 Å². The van der Waals surface area contributed by atoms with Gasteiger partial charge < -0.3 is 29.6 Å². The van der Waals surface area contributed by atoms with Gasteiger partial charge in [0, 0.05) is 24.4 Å². The highest BCUT2D eigenvalue weighted by molar-refractivity contribution is 5.98. The SMILES string of the molecule is COC(=O)C1CCCN1C(=O)C(c1ccccc1)n1ccc(NC(=O)C(COCc2ccccc2)NC(=O)C(C)(C)C)c1. The first-order chi connectivity index (χ1) is 20.6. The number of nitrogens with one attached hydrogen (secondary N) is 2. The normalized spacial score (nSPS) is 16.3. The molecule has 3 unspecified atom stereocenters. The van der Waals surface area contributed by atoms with Gasteiger partial charge in [-0.15, -0.1) is 0 Å². The molecule has 1 aliphatic rings. The van der Waals surface area contributed by atoms with Crippen molar-refractivity contribution in [2.75, 3.05) is 25.6 Å². The van der Waals surface area contributed by atoms with Crippen LogP contribution >= 0.6 is 0 Å². The fraction of sp³-hybridized carbons (Fsp3) is 0.394. The number of methoxy groups -OCH3 is 1. The van der Waals surface area contributed by atoms with Gasteiger partial charge in [-0.25, -0.2) is 4.79 Å². The second-order valence-electron chi connectivity index (χ2n) is 11.6. The maximum absolute atomic E-state index is 13.9. The first kappa shape index (κ1) is 31.5. The summed E-state index contributed by atoms with van der Waals surface area (Å²) in [4.78, 5) is 54.1. The van der Waals surface area contributed by atoms with E-state index >= 15 is 0 Å². The number of benzene rings is 2. The van der Waals surface area contributed by atoms with Crippen LogP contribution in [-0.4, -0.2) is 65.5 Å². The lowest BCUT2D eigenvalue weighted by Gasteiger charge is -2.28. The Labute approximate surface area is 252 Å². The lowest BCUT2D eigenvalue weighted by atomic mass is 9.95. The van der Waals surface area contributed by atoms with Crippen LogP contribution in [-0.2, 0) is 35.3 Å². The van der Waals surface area contributed by atoms with Crippen molar-refractivity contribution < 1.29 is 28.7 Å². The van der Waals surface area contributed by atoms with E-state index in [4.69, 9.17) is 9.47 Å². The molecule has 0 bridgehead atoms. The number of aromatic nitrogens is 1. The topological polar surface area (TPSA) is 119 Å². The zero-order valence-electron chi connectivity index (χ0n) is 25.1. The predicted molar refractivity (Wildman–Crippen MR) is 162 cm³/mol.